The van der Waals surface area contributed by atoms with Crippen LogP contribution in [0, 0.1) is 5.82 Å². The number of rotatable bonds is 3. The summed E-state index contributed by atoms with van der Waals surface area (Å²) in [5.74, 6) is -0.405. The molecule has 2 aromatic rings. The van der Waals surface area contributed by atoms with Crippen molar-refractivity contribution in [3.8, 4) is 0 Å². The quantitative estimate of drug-likeness (QED) is 0.838. The van der Waals surface area contributed by atoms with Gasteiger partial charge in [-0.05, 0) is 35.4 Å². The monoisotopic (exact) mass is 318 g/mol. The molecule has 2 rings (SSSR count). The summed E-state index contributed by atoms with van der Waals surface area (Å²) < 4.78 is 12.9. The van der Waals surface area contributed by atoms with Crippen molar-refractivity contribution in [2.75, 3.05) is 0 Å². The average Bonchev–Trinajstić information content (AvgIpc) is 2.36. The Kier molecular flexibility index (Phi) is 4.69. The summed E-state index contributed by atoms with van der Waals surface area (Å²) in [5.41, 5.74) is 1.30. The lowest BCUT2D eigenvalue weighted by Gasteiger charge is -2.13. The maximum absolute atomic E-state index is 12.9. The first-order valence-electron chi connectivity index (χ1n) is 5.54. The number of aliphatic hydroxyl groups excluding tert-OH is 1. The van der Waals surface area contributed by atoms with E-state index in [1.165, 1.54) is 12.1 Å². The van der Waals surface area contributed by atoms with Crippen molar-refractivity contribution in [1.29, 1.82) is 0 Å². The van der Waals surface area contributed by atoms with Crippen molar-refractivity contribution in [2.45, 2.75) is 12.5 Å². The molecule has 1 atom stereocenters. The summed E-state index contributed by atoms with van der Waals surface area (Å²) in [6.45, 7) is 0. The van der Waals surface area contributed by atoms with Crippen molar-refractivity contribution in [2.24, 2.45) is 0 Å². The van der Waals surface area contributed by atoms with Crippen LogP contribution in [-0.2, 0) is 6.42 Å². The van der Waals surface area contributed by atoms with Crippen LogP contribution in [0.4, 0.5) is 4.39 Å². The van der Waals surface area contributed by atoms with E-state index >= 15 is 0 Å². The topological polar surface area (TPSA) is 20.2 Å². The van der Waals surface area contributed by atoms with Crippen LogP contribution in [0.3, 0.4) is 0 Å². The normalized spacial score (nSPS) is 12.5. The van der Waals surface area contributed by atoms with Crippen LogP contribution in [0.15, 0.2) is 36.4 Å². The van der Waals surface area contributed by atoms with Crippen molar-refractivity contribution in [3.63, 3.8) is 0 Å². The van der Waals surface area contributed by atoms with Crippen molar-refractivity contribution in [3.05, 3.63) is 68.4 Å². The minimum atomic E-state index is -0.780. The molecule has 5 heteroatoms. The molecule has 19 heavy (non-hydrogen) atoms. The van der Waals surface area contributed by atoms with Gasteiger partial charge >= 0.3 is 0 Å². The summed E-state index contributed by atoms with van der Waals surface area (Å²) in [6, 6.07) is 9.00. The predicted molar refractivity (Wildman–Crippen MR) is 76.5 cm³/mol. The fraction of sp³-hybridized carbons (Fsp3) is 0.143. The first-order valence-corrected chi connectivity index (χ1v) is 6.67. The van der Waals surface area contributed by atoms with E-state index in [0.717, 1.165) is 0 Å². The Morgan fingerprint density at radius 3 is 2.32 bits per heavy atom. The SMILES string of the molecule is OC(Cc1ccc(F)cc1Cl)c1ccc(Cl)c(Cl)c1. The Bertz CT molecular complexity index is 601. The summed E-state index contributed by atoms with van der Waals surface area (Å²) in [5, 5.41) is 11.2. The molecule has 1 N–H and O–H groups in total. The van der Waals surface area contributed by atoms with E-state index in [4.69, 9.17) is 34.8 Å². The van der Waals surface area contributed by atoms with Crippen molar-refractivity contribution in [1.82, 2.24) is 0 Å². The minimum absolute atomic E-state index is 0.275. The fourth-order valence-electron chi connectivity index (χ4n) is 1.73. The lowest BCUT2D eigenvalue weighted by molar-refractivity contribution is 0.178. The van der Waals surface area contributed by atoms with E-state index in [1.807, 2.05) is 0 Å². The van der Waals surface area contributed by atoms with Gasteiger partial charge in [0, 0.05) is 11.4 Å². The highest BCUT2D eigenvalue weighted by molar-refractivity contribution is 6.42. The highest BCUT2D eigenvalue weighted by atomic mass is 35.5. The Morgan fingerprint density at radius 1 is 0.947 bits per heavy atom. The van der Waals surface area contributed by atoms with Crippen LogP contribution in [-0.4, -0.2) is 5.11 Å². The van der Waals surface area contributed by atoms with Gasteiger partial charge in [-0.1, -0.05) is 46.9 Å². The Hall–Kier alpha value is -0.800. The molecule has 0 aliphatic heterocycles. The van der Waals surface area contributed by atoms with Crippen LogP contribution in [0.25, 0.3) is 0 Å². The Labute approximate surface area is 125 Å². The third kappa shape index (κ3) is 3.61. The van der Waals surface area contributed by atoms with Crippen LogP contribution in [0.2, 0.25) is 15.1 Å². The molecule has 1 nitrogen and oxygen atoms in total. The van der Waals surface area contributed by atoms with Gasteiger partial charge in [-0.3, -0.25) is 0 Å². The highest BCUT2D eigenvalue weighted by Crippen LogP contribution is 2.28. The zero-order valence-electron chi connectivity index (χ0n) is 9.71. The molecular weight excluding hydrogens is 310 g/mol. The van der Waals surface area contributed by atoms with E-state index < -0.39 is 11.9 Å². The second kappa shape index (κ2) is 6.10. The fourth-order valence-corrected chi connectivity index (χ4v) is 2.28. The molecule has 0 aliphatic carbocycles. The van der Waals surface area contributed by atoms with Crippen LogP contribution in [0.1, 0.15) is 17.2 Å². The van der Waals surface area contributed by atoms with Gasteiger partial charge in [0.1, 0.15) is 5.82 Å². The second-order valence-corrected chi connectivity index (χ2v) is 5.35. The lowest BCUT2D eigenvalue weighted by atomic mass is 10.0. The van der Waals surface area contributed by atoms with Gasteiger partial charge in [-0.15, -0.1) is 0 Å². The van der Waals surface area contributed by atoms with Gasteiger partial charge in [0.05, 0.1) is 16.1 Å². The van der Waals surface area contributed by atoms with Crippen LogP contribution < -0.4 is 0 Å². The molecule has 100 valence electrons. The molecule has 0 bridgehead atoms. The molecule has 0 aliphatic rings. The van der Waals surface area contributed by atoms with Gasteiger partial charge in [-0.25, -0.2) is 4.39 Å². The molecule has 0 heterocycles. The summed E-state index contributed by atoms with van der Waals surface area (Å²) >= 11 is 17.6. The first kappa shape index (κ1) is 14.6. The molecule has 0 saturated heterocycles. The minimum Gasteiger partial charge on any atom is -0.388 e. The summed E-state index contributed by atoms with van der Waals surface area (Å²) in [7, 11) is 0. The average molecular weight is 320 g/mol. The van der Waals surface area contributed by atoms with Gasteiger partial charge in [0.15, 0.2) is 0 Å². The van der Waals surface area contributed by atoms with Gasteiger partial charge in [0.2, 0.25) is 0 Å². The number of hydrogen-bond acceptors (Lipinski definition) is 1. The van der Waals surface area contributed by atoms with E-state index in [0.29, 0.717) is 26.2 Å². The highest BCUT2D eigenvalue weighted by Gasteiger charge is 2.12. The number of benzene rings is 2. The molecule has 0 amide bonds. The molecule has 0 spiro atoms. The first-order chi connectivity index (χ1) is 8.97. The molecule has 1 unspecified atom stereocenters. The second-order valence-electron chi connectivity index (χ2n) is 4.13. The van der Waals surface area contributed by atoms with Gasteiger partial charge < -0.3 is 5.11 Å². The van der Waals surface area contributed by atoms with Crippen LogP contribution in [0.5, 0.6) is 0 Å². The van der Waals surface area contributed by atoms with E-state index in [9.17, 15) is 9.50 Å². The Balaban J connectivity index is 2.20. The smallest absolute Gasteiger partial charge is 0.124 e. The maximum atomic E-state index is 12.9. The summed E-state index contributed by atoms with van der Waals surface area (Å²) in [6.07, 6.45) is -0.505. The molecule has 0 fully saturated rings. The third-order valence-electron chi connectivity index (χ3n) is 2.76. The third-order valence-corrected chi connectivity index (χ3v) is 3.85. The van der Waals surface area contributed by atoms with Gasteiger partial charge in [0.25, 0.3) is 0 Å². The van der Waals surface area contributed by atoms with Gasteiger partial charge in [-0.2, -0.15) is 0 Å². The maximum Gasteiger partial charge on any atom is 0.124 e. The molecule has 0 aromatic heterocycles. The zero-order chi connectivity index (χ0) is 14.0. The molecule has 0 saturated carbocycles. The molecule has 0 radical (unpaired) electrons. The summed E-state index contributed by atoms with van der Waals surface area (Å²) in [4.78, 5) is 0. The Morgan fingerprint density at radius 2 is 1.68 bits per heavy atom. The number of halogens is 4. The largest absolute Gasteiger partial charge is 0.388 e. The lowest BCUT2D eigenvalue weighted by Crippen LogP contribution is -2.02. The van der Waals surface area contributed by atoms with E-state index in [2.05, 4.69) is 0 Å². The number of hydrogen-bond donors (Lipinski definition) is 1. The number of aliphatic hydroxyl groups is 1. The standard InChI is InChI=1S/C14H10Cl3FO/c15-11-4-2-9(5-13(11)17)14(19)6-8-1-3-10(18)7-12(8)16/h1-5,7,14,19H,6H2. The molecular formula is C14H10Cl3FO. The van der Waals surface area contributed by atoms with E-state index in [-0.39, 0.29) is 6.42 Å². The predicted octanol–water partition coefficient (Wildman–Crippen LogP) is 5.06. The van der Waals surface area contributed by atoms with E-state index in [1.54, 1.807) is 24.3 Å². The van der Waals surface area contributed by atoms with Crippen molar-refractivity contribution >= 4 is 34.8 Å². The molecule has 2 aromatic carbocycles. The zero-order valence-corrected chi connectivity index (χ0v) is 12.0. The van der Waals surface area contributed by atoms with Crippen LogP contribution >= 0.6 is 34.8 Å². The van der Waals surface area contributed by atoms with Crippen molar-refractivity contribution < 1.29 is 9.50 Å².